The van der Waals surface area contributed by atoms with Gasteiger partial charge in [-0.05, 0) is 19.8 Å². The second kappa shape index (κ2) is 4.72. The van der Waals surface area contributed by atoms with Gasteiger partial charge >= 0.3 is 5.97 Å². The van der Waals surface area contributed by atoms with Crippen molar-refractivity contribution in [3.05, 3.63) is 23.8 Å². The molecule has 0 saturated heterocycles. The van der Waals surface area contributed by atoms with Crippen LogP contribution in [-0.2, 0) is 0 Å². The number of carboxylic acids is 1. The molecule has 6 heteroatoms. The fourth-order valence-corrected chi connectivity index (χ4v) is 2.17. The SMILES string of the molecule is CC1(NC(=O)c2cnc(C(=O)O)cn2)CCCC1. The van der Waals surface area contributed by atoms with E-state index in [9.17, 15) is 9.59 Å². The van der Waals surface area contributed by atoms with E-state index >= 15 is 0 Å². The number of aromatic carboxylic acids is 1. The fourth-order valence-electron chi connectivity index (χ4n) is 2.17. The van der Waals surface area contributed by atoms with E-state index in [1.165, 1.54) is 6.20 Å². The average molecular weight is 249 g/mol. The van der Waals surface area contributed by atoms with E-state index in [1.54, 1.807) is 0 Å². The molecule has 0 radical (unpaired) electrons. The largest absolute Gasteiger partial charge is 0.476 e. The minimum atomic E-state index is -1.16. The summed E-state index contributed by atoms with van der Waals surface area (Å²) in [5.41, 5.74) is -0.198. The highest BCUT2D eigenvalue weighted by atomic mass is 16.4. The molecule has 1 amide bonds. The lowest BCUT2D eigenvalue weighted by atomic mass is 10.0. The van der Waals surface area contributed by atoms with Gasteiger partial charge in [0.05, 0.1) is 12.4 Å². The number of hydrogen-bond donors (Lipinski definition) is 2. The summed E-state index contributed by atoms with van der Waals surface area (Å²) in [5.74, 6) is -1.46. The normalized spacial score (nSPS) is 17.4. The third-order valence-corrected chi connectivity index (χ3v) is 3.23. The molecule has 0 bridgehead atoms. The Labute approximate surface area is 104 Å². The lowest BCUT2D eigenvalue weighted by molar-refractivity contribution is 0.0688. The molecular formula is C12H15N3O3. The second-order valence-electron chi connectivity index (χ2n) is 4.81. The van der Waals surface area contributed by atoms with Crippen molar-refractivity contribution in [3.8, 4) is 0 Å². The van der Waals surface area contributed by atoms with Crippen LogP contribution in [-0.4, -0.2) is 32.5 Å². The minimum Gasteiger partial charge on any atom is -0.476 e. The Hall–Kier alpha value is -1.98. The molecule has 0 atom stereocenters. The molecule has 18 heavy (non-hydrogen) atoms. The van der Waals surface area contributed by atoms with Gasteiger partial charge < -0.3 is 10.4 Å². The number of carbonyl (C=O) groups excluding carboxylic acids is 1. The summed E-state index contributed by atoms with van der Waals surface area (Å²) in [7, 11) is 0. The van der Waals surface area contributed by atoms with E-state index in [-0.39, 0.29) is 22.8 Å². The van der Waals surface area contributed by atoms with Gasteiger partial charge in [-0.2, -0.15) is 0 Å². The van der Waals surface area contributed by atoms with Crippen LogP contribution in [0.1, 0.15) is 53.6 Å². The Kier molecular flexibility index (Phi) is 3.27. The first-order valence-electron chi connectivity index (χ1n) is 5.88. The number of amides is 1. The van der Waals surface area contributed by atoms with Crippen LogP contribution >= 0.6 is 0 Å². The van der Waals surface area contributed by atoms with Gasteiger partial charge in [-0.15, -0.1) is 0 Å². The minimum absolute atomic E-state index is 0.146. The summed E-state index contributed by atoms with van der Waals surface area (Å²) >= 11 is 0. The molecule has 96 valence electrons. The van der Waals surface area contributed by atoms with Crippen LogP contribution < -0.4 is 5.32 Å². The van der Waals surface area contributed by atoms with Crippen molar-refractivity contribution in [1.29, 1.82) is 0 Å². The van der Waals surface area contributed by atoms with Crippen LogP contribution in [0.2, 0.25) is 0 Å². The molecule has 1 aliphatic carbocycles. The molecule has 0 aromatic carbocycles. The van der Waals surface area contributed by atoms with E-state index < -0.39 is 5.97 Å². The number of nitrogens with one attached hydrogen (secondary N) is 1. The third-order valence-electron chi connectivity index (χ3n) is 3.23. The molecule has 0 aliphatic heterocycles. The van der Waals surface area contributed by atoms with Crippen LogP contribution in [0.3, 0.4) is 0 Å². The summed E-state index contributed by atoms with van der Waals surface area (Å²) in [5, 5.41) is 11.6. The molecule has 6 nitrogen and oxygen atoms in total. The standard InChI is InChI=1S/C12H15N3O3/c1-12(4-2-3-5-12)15-10(16)8-6-14-9(7-13-8)11(17)18/h6-7H,2-5H2,1H3,(H,15,16)(H,17,18). The van der Waals surface area contributed by atoms with Crippen molar-refractivity contribution in [3.63, 3.8) is 0 Å². The van der Waals surface area contributed by atoms with E-state index in [0.29, 0.717) is 0 Å². The number of nitrogens with zero attached hydrogens (tertiary/aromatic N) is 2. The van der Waals surface area contributed by atoms with Gasteiger partial charge in [-0.1, -0.05) is 12.8 Å². The molecule has 1 aromatic rings. The maximum absolute atomic E-state index is 11.9. The Morgan fingerprint density at radius 2 is 1.78 bits per heavy atom. The maximum atomic E-state index is 11.9. The Bertz CT molecular complexity index is 464. The molecule has 1 aromatic heterocycles. The zero-order chi connectivity index (χ0) is 13.2. The first-order chi connectivity index (χ1) is 8.50. The van der Waals surface area contributed by atoms with Crippen molar-refractivity contribution in [2.24, 2.45) is 0 Å². The highest BCUT2D eigenvalue weighted by Crippen LogP contribution is 2.28. The molecule has 0 unspecified atom stereocenters. The van der Waals surface area contributed by atoms with Gasteiger partial charge in [0, 0.05) is 5.54 Å². The van der Waals surface area contributed by atoms with Crippen molar-refractivity contribution in [2.45, 2.75) is 38.1 Å². The predicted molar refractivity (Wildman–Crippen MR) is 63.3 cm³/mol. The predicted octanol–water partition coefficient (Wildman–Crippen LogP) is 1.24. The maximum Gasteiger partial charge on any atom is 0.356 e. The topological polar surface area (TPSA) is 92.2 Å². The number of aromatic nitrogens is 2. The zero-order valence-electron chi connectivity index (χ0n) is 10.1. The first kappa shape index (κ1) is 12.5. The van der Waals surface area contributed by atoms with Gasteiger partial charge in [0.1, 0.15) is 5.69 Å². The molecule has 1 fully saturated rings. The van der Waals surface area contributed by atoms with Gasteiger partial charge in [0.25, 0.3) is 5.91 Å². The fraction of sp³-hybridized carbons (Fsp3) is 0.500. The monoisotopic (exact) mass is 249 g/mol. The molecular weight excluding hydrogens is 234 g/mol. The second-order valence-corrected chi connectivity index (χ2v) is 4.81. The van der Waals surface area contributed by atoms with Crippen molar-refractivity contribution in [2.75, 3.05) is 0 Å². The summed E-state index contributed by atoms with van der Waals surface area (Å²) < 4.78 is 0. The Balaban J connectivity index is 2.07. The molecule has 1 aliphatic rings. The Morgan fingerprint density at radius 1 is 1.22 bits per heavy atom. The number of rotatable bonds is 3. The molecule has 1 saturated carbocycles. The van der Waals surface area contributed by atoms with Crippen LogP contribution in [0.4, 0.5) is 0 Å². The van der Waals surface area contributed by atoms with Crippen LogP contribution in [0.15, 0.2) is 12.4 Å². The Morgan fingerprint density at radius 3 is 2.28 bits per heavy atom. The summed E-state index contributed by atoms with van der Waals surface area (Å²) in [6.45, 7) is 2.01. The van der Waals surface area contributed by atoms with E-state index in [4.69, 9.17) is 5.11 Å². The van der Waals surface area contributed by atoms with Crippen LogP contribution in [0.25, 0.3) is 0 Å². The van der Waals surface area contributed by atoms with E-state index in [2.05, 4.69) is 15.3 Å². The van der Waals surface area contributed by atoms with Gasteiger partial charge in [0.2, 0.25) is 0 Å². The highest BCUT2D eigenvalue weighted by molar-refractivity contribution is 5.93. The molecule has 2 N–H and O–H groups in total. The van der Waals surface area contributed by atoms with Crippen LogP contribution in [0, 0.1) is 0 Å². The summed E-state index contributed by atoms with van der Waals surface area (Å²) in [6, 6.07) is 0. The van der Waals surface area contributed by atoms with Crippen molar-refractivity contribution in [1.82, 2.24) is 15.3 Å². The lowest BCUT2D eigenvalue weighted by Gasteiger charge is -2.24. The molecule has 1 heterocycles. The van der Waals surface area contributed by atoms with Crippen LogP contribution in [0.5, 0.6) is 0 Å². The smallest absolute Gasteiger partial charge is 0.356 e. The van der Waals surface area contributed by atoms with E-state index in [0.717, 1.165) is 31.9 Å². The van der Waals surface area contributed by atoms with Crippen molar-refractivity contribution < 1.29 is 14.7 Å². The zero-order valence-corrected chi connectivity index (χ0v) is 10.1. The summed E-state index contributed by atoms with van der Waals surface area (Å²) in [6.07, 6.45) is 6.42. The lowest BCUT2D eigenvalue weighted by Crippen LogP contribution is -2.43. The average Bonchev–Trinajstić information content (AvgIpc) is 2.76. The third kappa shape index (κ3) is 2.64. The van der Waals surface area contributed by atoms with Crippen molar-refractivity contribution >= 4 is 11.9 Å². The first-order valence-corrected chi connectivity index (χ1v) is 5.88. The molecule has 0 spiro atoms. The van der Waals surface area contributed by atoms with Gasteiger partial charge in [0.15, 0.2) is 5.69 Å². The summed E-state index contributed by atoms with van der Waals surface area (Å²) in [4.78, 5) is 30.0. The quantitative estimate of drug-likeness (QED) is 0.840. The van der Waals surface area contributed by atoms with E-state index in [1.807, 2.05) is 6.92 Å². The highest BCUT2D eigenvalue weighted by Gasteiger charge is 2.30. The molecule has 2 rings (SSSR count). The number of carboxylic acid groups (broad SMARTS) is 1. The van der Waals surface area contributed by atoms with Gasteiger partial charge in [-0.25, -0.2) is 14.8 Å². The number of carbonyl (C=O) groups is 2. The number of hydrogen-bond acceptors (Lipinski definition) is 4. The van der Waals surface area contributed by atoms with Gasteiger partial charge in [-0.3, -0.25) is 4.79 Å².